The molecule has 4 aromatic rings. The molecule has 1 heterocycles. The van der Waals surface area contributed by atoms with Gasteiger partial charge < -0.3 is 20.9 Å². The van der Waals surface area contributed by atoms with Gasteiger partial charge in [0.2, 0.25) is 0 Å². The SMILES string of the molecule is Cc1cccc(CNc2cnc(I)cc2CN(CCC(N)C(=O)O)Cc2ccccc2OCc2cccc(C)c2)c1. The third kappa shape index (κ3) is 9.55. The molecule has 4 rings (SSSR count). The third-order valence-electron chi connectivity index (χ3n) is 6.83. The van der Waals surface area contributed by atoms with E-state index < -0.39 is 12.0 Å². The smallest absolute Gasteiger partial charge is 0.320 e. The maximum atomic E-state index is 11.5. The highest BCUT2D eigenvalue weighted by Crippen LogP contribution is 2.25. The Morgan fingerprint density at radius 1 is 0.976 bits per heavy atom. The largest absolute Gasteiger partial charge is 0.489 e. The summed E-state index contributed by atoms with van der Waals surface area (Å²) in [4.78, 5) is 18.2. The first-order valence-corrected chi connectivity index (χ1v) is 14.8. The summed E-state index contributed by atoms with van der Waals surface area (Å²) in [6.07, 6.45) is 2.20. The van der Waals surface area contributed by atoms with Gasteiger partial charge in [0.1, 0.15) is 22.1 Å². The Balaban J connectivity index is 1.54. The van der Waals surface area contributed by atoms with Crippen molar-refractivity contribution in [1.82, 2.24) is 9.88 Å². The van der Waals surface area contributed by atoms with Crippen molar-refractivity contribution in [3.8, 4) is 5.75 Å². The number of hydrogen-bond acceptors (Lipinski definition) is 6. The highest BCUT2D eigenvalue weighted by atomic mass is 127. The monoisotopic (exact) mass is 664 g/mol. The molecule has 0 amide bonds. The Kier molecular flexibility index (Phi) is 11.1. The molecule has 1 unspecified atom stereocenters. The summed E-state index contributed by atoms with van der Waals surface area (Å²) in [6, 6.07) is 25.9. The quantitative estimate of drug-likeness (QED) is 0.108. The number of ether oxygens (including phenoxy) is 1. The number of hydrogen-bond donors (Lipinski definition) is 3. The highest BCUT2D eigenvalue weighted by molar-refractivity contribution is 14.1. The van der Waals surface area contributed by atoms with Gasteiger partial charge in [0.15, 0.2) is 0 Å². The number of para-hydroxylation sites is 1. The molecule has 0 spiro atoms. The number of nitrogens with one attached hydrogen (secondary N) is 1. The van der Waals surface area contributed by atoms with Gasteiger partial charge in [-0.05, 0) is 71.7 Å². The van der Waals surface area contributed by atoms with Crippen LogP contribution in [0.25, 0.3) is 0 Å². The molecule has 0 aliphatic carbocycles. The molecular weight excluding hydrogens is 627 g/mol. The van der Waals surface area contributed by atoms with Gasteiger partial charge >= 0.3 is 5.97 Å². The minimum Gasteiger partial charge on any atom is -0.489 e. The van der Waals surface area contributed by atoms with Crippen LogP contribution in [0.4, 0.5) is 5.69 Å². The predicted octanol–water partition coefficient (Wildman–Crippen LogP) is 6.30. The number of rotatable bonds is 14. The fraction of sp³-hybridized carbons (Fsp3) is 0.273. The fourth-order valence-electron chi connectivity index (χ4n) is 4.66. The number of aryl methyl sites for hydroxylation is 2. The number of anilines is 1. The van der Waals surface area contributed by atoms with E-state index in [0.29, 0.717) is 39.2 Å². The number of nitrogens with two attached hydrogens (primary N) is 1. The van der Waals surface area contributed by atoms with Gasteiger partial charge in [-0.25, -0.2) is 4.98 Å². The number of carboxylic acid groups (broad SMARTS) is 1. The lowest BCUT2D eigenvalue weighted by atomic mass is 10.1. The van der Waals surface area contributed by atoms with Crippen molar-refractivity contribution < 1.29 is 14.6 Å². The number of carbonyl (C=O) groups is 1. The zero-order chi connectivity index (χ0) is 29.2. The van der Waals surface area contributed by atoms with Gasteiger partial charge in [-0.2, -0.15) is 0 Å². The molecule has 7 nitrogen and oxygen atoms in total. The van der Waals surface area contributed by atoms with E-state index in [-0.39, 0.29) is 0 Å². The molecular formula is C33H37IN4O3. The zero-order valence-electron chi connectivity index (χ0n) is 23.5. The van der Waals surface area contributed by atoms with Crippen molar-refractivity contribution in [3.05, 3.63) is 122 Å². The summed E-state index contributed by atoms with van der Waals surface area (Å²) < 4.78 is 7.16. The minimum absolute atomic E-state index is 0.329. The van der Waals surface area contributed by atoms with Gasteiger partial charge in [-0.15, -0.1) is 0 Å². The maximum absolute atomic E-state index is 11.5. The van der Waals surface area contributed by atoms with Crippen LogP contribution in [0.3, 0.4) is 0 Å². The maximum Gasteiger partial charge on any atom is 0.320 e. The normalized spacial score (nSPS) is 11.8. The Hall–Kier alpha value is -3.47. The van der Waals surface area contributed by atoms with Crippen LogP contribution in [0.1, 0.15) is 39.8 Å². The summed E-state index contributed by atoms with van der Waals surface area (Å²) in [6.45, 7) is 6.98. The van der Waals surface area contributed by atoms with Crippen molar-refractivity contribution >= 4 is 34.2 Å². The summed E-state index contributed by atoms with van der Waals surface area (Å²) in [5.41, 5.74) is 13.7. The standard InChI is InChI=1S/C33H37IN4O3/c1-23-7-5-9-25(15-23)18-36-30-19-37-32(34)17-28(30)21-38(14-13-29(35)33(39)40)20-27-11-3-4-12-31(27)41-22-26-10-6-8-24(2)16-26/h3-12,15-17,19,29,36H,13-14,18,20-22,35H2,1-2H3,(H,39,40). The summed E-state index contributed by atoms with van der Waals surface area (Å²) in [7, 11) is 0. The number of pyridine rings is 1. The third-order valence-corrected chi connectivity index (χ3v) is 7.42. The number of aliphatic carboxylic acids is 1. The summed E-state index contributed by atoms with van der Waals surface area (Å²) in [5.74, 6) is -0.186. The van der Waals surface area contributed by atoms with Crippen LogP contribution in [-0.2, 0) is 31.0 Å². The van der Waals surface area contributed by atoms with E-state index in [1.807, 2.05) is 30.5 Å². The summed E-state index contributed by atoms with van der Waals surface area (Å²) in [5, 5.41) is 13.0. The molecule has 214 valence electrons. The number of benzene rings is 3. The van der Waals surface area contributed by atoms with Crippen LogP contribution in [0.2, 0.25) is 0 Å². The first-order valence-electron chi connectivity index (χ1n) is 13.7. The van der Waals surface area contributed by atoms with Gasteiger partial charge in [0, 0.05) is 31.7 Å². The van der Waals surface area contributed by atoms with Crippen molar-refractivity contribution in [2.24, 2.45) is 5.73 Å². The lowest BCUT2D eigenvalue weighted by Crippen LogP contribution is -2.35. The molecule has 1 atom stereocenters. The summed E-state index contributed by atoms with van der Waals surface area (Å²) >= 11 is 2.23. The van der Waals surface area contributed by atoms with Crippen molar-refractivity contribution in [3.63, 3.8) is 0 Å². The molecule has 0 aliphatic heterocycles. The molecule has 0 saturated carbocycles. The van der Waals surface area contributed by atoms with E-state index in [1.165, 1.54) is 16.7 Å². The minimum atomic E-state index is -0.995. The van der Waals surface area contributed by atoms with E-state index in [0.717, 1.165) is 31.8 Å². The molecule has 3 aromatic carbocycles. The van der Waals surface area contributed by atoms with E-state index in [1.54, 1.807) is 0 Å². The lowest BCUT2D eigenvalue weighted by molar-refractivity contribution is -0.138. The van der Waals surface area contributed by atoms with Crippen LogP contribution in [0, 0.1) is 17.5 Å². The van der Waals surface area contributed by atoms with Crippen molar-refractivity contribution in [1.29, 1.82) is 0 Å². The fourth-order valence-corrected chi connectivity index (χ4v) is 5.17. The number of halogens is 1. The average molecular weight is 665 g/mol. The van der Waals surface area contributed by atoms with E-state index >= 15 is 0 Å². The molecule has 0 radical (unpaired) electrons. The number of carboxylic acids is 1. The zero-order valence-corrected chi connectivity index (χ0v) is 25.7. The number of aromatic nitrogens is 1. The van der Waals surface area contributed by atoms with Crippen LogP contribution in [0.5, 0.6) is 5.75 Å². The molecule has 0 bridgehead atoms. The molecule has 4 N–H and O–H groups in total. The van der Waals surface area contributed by atoms with Gasteiger partial charge in [-0.3, -0.25) is 9.69 Å². The van der Waals surface area contributed by atoms with Crippen LogP contribution in [0.15, 0.2) is 85.1 Å². The molecule has 1 aromatic heterocycles. The second-order valence-electron chi connectivity index (χ2n) is 10.3. The Morgan fingerprint density at radius 2 is 1.66 bits per heavy atom. The Morgan fingerprint density at radius 3 is 2.39 bits per heavy atom. The van der Waals surface area contributed by atoms with Crippen LogP contribution in [-0.4, -0.2) is 33.5 Å². The highest BCUT2D eigenvalue weighted by Gasteiger charge is 2.18. The van der Waals surface area contributed by atoms with E-state index in [2.05, 4.69) is 106 Å². The second-order valence-corrected chi connectivity index (χ2v) is 11.4. The second kappa shape index (κ2) is 15.0. The van der Waals surface area contributed by atoms with Crippen molar-refractivity contribution in [2.45, 2.75) is 52.6 Å². The Bertz CT molecular complexity index is 1460. The lowest BCUT2D eigenvalue weighted by Gasteiger charge is -2.26. The molecule has 0 aliphatic rings. The van der Waals surface area contributed by atoms with E-state index in [9.17, 15) is 9.90 Å². The number of nitrogens with zero attached hydrogens (tertiary/aromatic N) is 2. The van der Waals surface area contributed by atoms with Gasteiger partial charge in [-0.1, -0.05) is 77.9 Å². The average Bonchev–Trinajstić information content (AvgIpc) is 2.95. The van der Waals surface area contributed by atoms with E-state index in [4.69, 9.17) is 10.5 Å². The Labute approximate surface area is 255 Å². The van der Waals surface area contributed by atoms with Gasteiger partial charge in [0.05, 0.1) is 11.9 Å². The van der Waals surface area contributed by atoms with Crippen LogP contribution >= 0.6 is 22.6 Å². The topological polar surface area (TPSA) is 101 Å². The van der Waals surface area contributed by atoms with Gasteiger partial charge in [0.25, 0.3) is 0 Å². The van der Waals surface area contributed by atoms with Crippen LogP contribution < -0.4 is 15.8 Å². The molecule has 8 heteroatoms. The first-order chi connectivity index (χ1) is 19.8. The molecule has 0 saturated heterocycles. The molecule has 41 heavy (non-hydrogen) atoms. The first kappa shape index (κ1) is 30.5. The van der Waals surface area contributed by atoms with Crippen molar-refractivity contribution in [2.75, 3.05) is 11.9 Å². The predicted molar refractivity (Wildman–Crippen MR) is 172 cm³/mol. The molecule has 0 fully saturated rings.